The summed E-state index contributed by atoms with van der Waals surface area (Å²) in [5.74, 6) is -0.813. The molecule has 0 aromatic carbocycles. The topological polar surface area (TPSA) is 63.6 Å². The number of ether oxygens (including phenoxy) is 1. The second-order valence-electron chi connectivity index (χ2n) is 6.80. The van der Waals surface area contributed by atoms with E-state index in [0.29, 0.717) is 0 Å². The number of unbranched alkanes of at least 4 members (excludes halogenated alkanes) is 10. The molecule has 0 heterocycles. The van der Waals surface area contributed by atoms with Crippen molar-refractivity contribution in [3.8, 4) is 0 Å². The first-order chi connectivity index (χ1) is 12.6. The molecule has 1 unspecified atom stereocenters. The lowest BCUT2D eigenvalue weighted by molar-refractivity contribution is -0.166. The molecule has 0 aromatic heterocycles. The molecule has 4 heteroatoms. The minimum Gasteiger partial charge on any atom is -0.436 e. The van der Waals surface area contributed by atoms with Crippen molar-refractivity contribution in [3.63, 3.8) is 0 Å². The number of esters is 1. The average molecular weight is 367 g/mol. The molecule has 150 valence electrons. The van der Waals surface area contributed by atoms with Gasteiger partial charge in [0.1, 0.15) is 0 Å². The number of rotatable bonds is 17. The molecular formula is C22H38O4. The van der Waals surface area contributed by atoms with Gasteiger partial charge < -0.3 is 9.84 Å². The number of carbonyl (C=O) groups is 2. The van der Waals surface area contributed by atoms with E-state index in [4.69, 9.17) is 0 Å². The number of hydrogen-bond acceptors (Lipinski definition) is 4. The van der Waals surface area contributed by atoms with E-state index in [1.54, 1.807) is 0 Å². The molecule has 0 aromatic rings. The van der Waals surface area contributed by atoms with Crippen molar-refractivity contribution in [3.05, 3.63) is 24.3 Å². The fraction of sp³-hybridized carbons (Fsp3) is 0.727. The zero-order chi connectivity index (χ0) is 19.5. The van der Waals surface area contributed by atoms with Crippen LogP contribution in [0.1, 0.15) is 97.3 Å². The molecule has 0 rings (SSSR count). The molecule has 0 saturated carbocycles. The maximum Gasteiger partial charge on any atom is 0.304 e. The van der Waals surface area contributed by atoms with Gasteiger partial charge in [0.15, 0.2) is 5.78 Å². The Morgan fingerprint density at radius 1 is 0.846 bits per heavy atom. The third kappa shape index (κ3) is 18.9. The molecule has 0 spiro atoms. The van der Waals surface area contributed by atoms with Gasteiger partial charge in [0.2, 0.25) is 6.29 Å². The molecule has 26 heavy (non-hydrogen) atoms. The van der Waals surface area contributed by atoms with E-state index in [2.05, 4.69) is 23.8 Å². The number of carbonyl (C=O) groups excluding carboxylic acids is 2. The van der Waals surface area contributed by atoms with Crippen LogP contribution in [0, 0.1) is 0 Å². The Bertz CT molecular complexity index is 412. The number of allylic oxidation sites excluding steroid dienone is 4. The van der Waals surface area contributed by atoms with Gasteiger partial charge in [-0.1, -0.05) is 63.7 Å². The number of aliphatic hydroxyl groups is 1. The van der Waals surface area contributed by atoms with Crippen molar-refractivity contribution in [1.82, 2.24) is 0 Å². The molecule has 0 radical (unpaired) electrons. The van der Waals surface area contributed by atoms with Crippen molar-refractivity contribution in [2.24, 2.45) is 0 Å². The van der Waals surface area contributed by atoms with E-state index in [1.165, 1.54) is 64.4 Å². The van der Waals surface area contributed by atoms with Crippen LogP contribution in [-0.2, 0) is 14.3 Å². The lowest BCUT2D eigenvalue weighted by Gasteiger charge is -2.07. The highest BCUT2D eigenvalue weighted by atomic mass is 16.6. The van der Waals surface area contributed by atoms with Gasteiger partial charge in [-0.2, -0.15) is 0 Å². The molecule has 0 saturated heterocycles. The molecule has 0 bridgehead atoms. The first-order valence-electron chi connectivity index (χ1n) is 10.3. The first-order valence-corrected chi connectivity index (χ1v) is 10.3. The standard InChI is InChI=1S/C22H38O4/c1-3-4-5-6-7-8-9-10-11-12-13-14-15-16-17-18-21(24)19-22(25)26-20(2)23/h10-11,17-18,22,25H,3-9,12-16,19H2,1-2H3. The zero-order valence-electron chi connectivity index (χ0n) is 16.8. The smallest absolute Gasteiger partial charge is 0.304 e. The van der Waals surface area contributed by atoms with Crippen molar-refractivity contribution >= 4 is 11.8 Å². The third-order valence-electron chi connectivity index (χ3n) is 4.11. The predicted octanol–water partition coefficient (Wildman–Crippen LogP) is 5.64. The fourth-order valence-electron chi connectivity index (χ4n) is 2.67. The van der Waals surface area contributed by atoms with Gasteiger partial charge in [0.05, 0.1) is 6.42 Å². The van der Waals surface area contributed by atoms with E-state index in [0.717, 1.165) is 25.7 Å². The van der Waals surface area contributed by atoms with E-state index in [1.807, 2.05) is 6.08 Å². The Hall–Kier alpha value is -1.42. The Morgan fingerprint density at radius 3 is 1.92 bits per heavy atom. The van der Waals surface area contributed by atoms with E-state index in [9.17, 15) is 14.7 Å². The normalized spacial score (nSPS) is 12.7. The van der Waals surface area contributed by atoms with Gasteiger partial charge in [0.25, 0.3) is 0 Å². The maximum atomic E-state index is 11.5. The maximum absolute atomic E-state index is 11.5. The monoisotopic (exact) mass is 366 g/mol. The zero-order valence-corrected chi connectivity index (χ0v) is 16.8. The summed E-state index contributed by atoms with van der Waals surface area (Å²) in [5.41, 5.74) is 0. The summed E-state index contributed by atoms with van der Waals surface area (Å²) in [6.45, 7) is 3.45. The molecule has 4 nitrogen and oxygen atoms in total. The highest BCUT2D eigenvalue weighted by Crippen LogP contribution is 2.09. The van der Waals surface area contributed by atoms with Crippen molar-refractivity contribution < 1.29 is 19.4 Å². The van der Waals surface area contributed by atoms with Crippen molar-refractivity contribution in [2.75, 3.05) is 0 Å². The summed E-state index contributed by atoms with van der Waals surface area (Å²) >= 11 is 0. The minimum absolute atomic E-state index is 0.181. The Labute approximate surface area is 159 Å². The highest BCUT2D eigenvalue weighted by Gasteiger charge is 2.10. The van der Waals surface area contributed by atoms with E-state index in [-0.39, 0.29) is 12.2 Å². The number of hydrogen-bond donors (Lipinski definition) is 1. The summed E-state index contributed by atoms with van der Waals surface area (Å²) in [6, 6.07) is 0. The first kappa shape index (κ1) is 24.6. The van der Waals surface area contributed by atoms with Crippen LogP contribution < -0.4 is 0 Å². The van der Waals surface area contributed by atoms with Crippen molar-refractivity contribution in [1.29, 1.82) is 0 Å². The lowest BCUT2D eigenvalue weighted by atomic mass is 10.1. The van der Waals surface area contributed by atoms with Crippen LogP contribution in [0.4, 0.5) is 0 Å². The molecule has 0 aliphatic rings. The number of aliphatic hydroxyl groups excluding tert-OH is 1. The molecular weight excluding hydrogens is 328 g/mol. The van der Waals surface area contributed by atoms with Gasteiger partial charge in [-0.3, -0.25) is 9.59 Å². The second-order valence-corrected chi connectivity index (χ2v) is 6.80. The highest BCUT2D eigenvalue weighted by molar-refractivity contribution is 5.89. The fourth-order valence-corrected chi connectivity index (χ4v) is 2.67. The summed E-state index contributed by atoms with van der Waals surface area (Å²) in [7, 11) is 0. The number of ketones is 1. The molecule has 0 aliphatic carbocycles. The Morgan fingerprint density at radius 2 is 1.35 bits per heavy atom. The molecule has 0 amide bonds. The van der Waals surface area contributed by atoms with Crippen LogP contribution in [0.3, 0.4) is 0 Å². The lowest BCUT2D eigenvalue weighted by Crippen LogP contribution is -2.18. The molecule has 1 atom stereocenters. The van der Waals surface area contributed by atoms with Gasteiger partial charge in [-0.15, -0.1) is 0 Å². The van der Waals surface area contributed by atoms with Gasteiger partial charge in [0, 0.05) is 6.92 Å². The summed E-state index contributed by atoms with van der Waals surface area (Å²) in [5, 5.41) is 9.31. The van der Waals surface area contributed by atoms with E-state index < -0.39 is 12.3 Å². The van der Waals surface area contributed by atoms with Crippen LogP contribution in [0.2, 0.25) is 0 Å². The molecule has 0 aliphatic heterocycles. The summed E-state index contributed by atoms with van der Waals surface area (Å²) in [6.07, 6.45) is 21.1. The van der Waals surface area contributed by atoms with Gasteiger partial charge >= 0.3 is 5.97 Å². The van der Waals surface area contributed by atoms with Gasteiger partial charge in [-0.25, -0.2) is 0 Å². The Kier molecular flexibility index (Phi) is 17.4. The predicted molar refractivity (Wildman–Crippen MR) is 107 cm³/mol. The van der Waals surface area contributed by atoms with Crippen LogP contribution in [-0.4, -0.2) is 23.1 Å². The van der Waals surface area contributed by atoms with Gasteiger partial charge in [-0.05, 0) is 44.6 Å². The molecule has 1 N–H and O–H groups in total. The summed E-state index contributed by atoms with van der Waals surface area (Å²) < 4.78 is 4.50. The summed E-state index contributed by atoms with van der Waals surface area (Å²) in [4.78, 5) is 22.1. The second kappa shape index (κ2) is 18.4. The Balaban J connectivity index is 3.43. The van der Waals surface area contributed by atoms with Crippen LogP contribution in [0.15, 0.2) is 24.3 Å². The van der Waals surface area contributed by atoms with Crippen LogP contribution in [0.25, 0.3) is 0 Å². The minimum atomic E-state index is -1.34. The third-order valence-corrected chi connectivity index (χ3v) is 4.11. The van der Waals surface area contributed by atoms with E-state index >= 15 is 0 Å². The SMILES string of the molecule is CCCCCCCCC=CCCCCCC=CC(=O)CC(O)OC(C)=O. The van der Waals surface area contributed by atoms with Crippen LogP contribution >= 0.6 is 0 Å². The molecule has 0 fully saturated rings. The van der Waals surface area contributed by atoms with Crippen molar-refractivity contribution in [2.45, 2.75) is 104 Å². The quantitative estimate of drug-likeness (QED) is 0.119. The average Bonchev–Trinajstić information content (AvgIpc) is 2.57. The largest absolute Gasteiger partial charge is 0.436 e. The van der Waals surface area contributed by atoms with Crippen LogP contribution in [0.5, 0.6) is 0 Å².